The lowest BCUT2D eigenvalue weighted by atomic mass is 10.0. The highest BCUT2D eigenvalue weighted by Crippen LogP contribution is 2.37. The zero-order valence-corrected chi connectivity index (χ0v) is 19.7. The molecule has 12 heteroatoms. The van der Waals surface area contributed by atoms with Gasteiger partial charge in [0.25, 0.3) is 0 Å². The number of thiazole rings is 1. The number of nitrogens with zero attached hydrogens (tertiary/aromatic N) is 6. The summed E-state index contributed by atoms with van der Waals surface area (Å²) in [6.07, 6.45) is 8.58. The third-order valence-corrected chi connectivity index (χ3v) is 5.95. The van der Waals surface area contributed by atoms with E-state index < -0.39 is 5.97 Å². The van der Waals surface area contributed by atoms with Crippen molar-refractivity contribution in [2.75, 3.05) is 18.4 Å². The predicted octanol–water partition coefficient (Wildman–Crippen LogP) is 3.11. The molecule has 0 saturated carbocycles. The third kappa shape index (κ3) is 4.77. The Morgan fingerprint density at radius 1 is 1.14 bits per heavy atom. The summed E-state index contributed by atoms with van der Waals surface area (Å²) < 4.78 is 6.89. The molecule has 1 aliphatic rings. The molecule has 2 amide bonds. The molecule has 11 nitrogen and oxygen atoms in total. The van der Waals surface area contributed by atoms with Gasteiger partial charge in [-0.2, -0.15) is 5.10 Å². The van der Waals surface area contributed by atoms with Gasteiger partial charge in [0.2, 0.25) is 5.90 Å². The Hall–Kier alpha value is -4.45. The van der Waals surface area contributed by atoms with E-state index in [0.717, 1.165) is 33.0 Å². The molecule has 176 valence electrons. The minimum absolute atomic E-state index is 0.0111. The highest BCUT2D eigenvalue weighted by Gasteiger charge is 2.20. The van der Waals surface area contributed by atoms with Crippen LogP contribution >= 0.6 is 11.3 Å². The first kappa shape index (κ1) is 22.3. The van der Waals surface area contributed by atoms with Crippen LogP contribution in [0.4, 0.5) is 10.6 Å². The molecule has 4 aromatic rings. The summed E-state index contributed by atoms with van der Waals surface area (Å²) in [6.45, 7) is 2.32. The van der Waals surface area contributed by atoms with Gasteiger partial charge in [0.05, 0.1) is 17.5 Å². The van der Waals surface area contributed by atoms with E-state index in [1.54, 1.807) is 35.5 Å². The van der Waals surface area contributed by atoms with Crippen molar-refractivity contribution < 1.29 is 14.3 Å². The van der Waals surface area contributed by atoms with Crippen molar-refractivity contribution in [1.82, 2.24) is 30.0 Å². The van der Waals surface area contributed by atoms with Crippen LogP contribution in [0.3, 0.4) is 0 Å². The molecular weight excluding hydrogens is 468 g/mol. The lowest BCUT2D eigenvalue weighted by Gasteiger charge is -2.11. The number of hydrogen-bond acceptors (Lipinski definition) is 9. The Morgan fingerprint density at radius 3 is 2.74 bits per heavy atom. The summed E-state index contributed by atoms with van der Waals surface area (Å²) in [4.78, 5) is 41.2. The maximum Gasteiger partial charge on any atom is 0.334 e. The molecule has 35 heavy (non-hydrogen) atoms. The fourth-order valence-corrected chi connectivity index (χ4v) is 4.36. The molecule has 5 rings (SSSR count). The number of cyclic esters (lactones) is 1. The largest absolute Gasteiger partial charge is 0.406 e. The smallest absolute Gasteiger partial charge is 0.334 e. The number of carbonyl (C=O) groups is 2. The number of aliphatic imine (C=N–C) groups is 1. The number of amides is 2. The molecule has 0 unspecified atom stereocenters. The minimum atomic E-state index is -0.403. The van der Waals surface area contributed by atoms with Crippen LogP contribution in [-0.4, -0.2) is 55.7 Å². The summed E-state index contributed by atoms with van der Waals surface area (Å²) in [7, 11) is 1.85. The molecule has 0 atom stereocenters. The standard InChI is InChI=1S/C23H20N8O3S/c1-3-25-23(33)30-19-5-16(22-29-18(12-35-22)15-8-28-31(2)11-15)17(9-26-19)13-4-14(7-24-6-13)21-27-10-20(32)34-21/h4-9,11-12H,3,10H2,1-2H3,(H2,25,26,30,33). The highest BCUT2D eigenvalue weighted by atomic mass is 32.1. The summed E-state index contributed by atoms with van der Waals surface area (Å²) in [5, 5.41) is 12.3. The van der Waals surface area contributed by atoms with Gasteiger partial charge in [-0.25, -0.2) is 24.5 Å². The average molecular weight is 489 g/mol. The second-order valence-corrected chi connectivity index (χ2v) is 8.46. The lowest BCUT2D eigenvalue weighted by molar-refractivity contribution is -0.132. The molecule has 0 spiro atoms. The van der Waals surface area contributed by atoms with Crippen molar-refractivity contribution in [2.45, 2.75) is 6.92 Å². The van der Waals surface area contributed by atoms with Gasteiger partial charge >= 0.3 is 12.0 Å². The Kier molecular flexibility index (Phi) is 6.02. The van der Waals surface area contributed by atoms with Gasteiger partial charge in [-0.3, -0.25) is 15.0 Å². The Bertz CT molecular complexity index is 1460. The van der Waals surface area contributed by atoms with Gasteiger partial charge in [0, 0.05) is 66.0 Å². The van der Waals surface area contributed by atoms with Crippen LogP contribution in [0.5, 0.6) is 0 Å². The van der Waals surface area contributed by atoms with Gasteiger partial charge in [-0.1, -0.05) is 0 Å². The molecule has 0 aliphatic carbocycles. The van der Waals surface area contributed by atoms with Crippen LogP contribution in [0, 0.1) is 0 Å². The summed E-state index contributed by atoms with van der Waals surface area (Å²) in [5.41, 5.74) is 4.51. The van der Waals surface area contributed by atoms with Crippen LogP contribution < -0.4 is 10.6 Å². The Balaban J connectivity index is 1.57. The molecule has 4 aromatic heterocycles. The quantitative estimate of drug-likeness (QED) is 0.398. The number of urea groups is 1. The summed E-state index contributed by atoms with van der Waals surface area (Å²) >= 11 is 1.47. The molecule has 2 N–H and O–H groups in total. The van der Waals surface area contributed by atoms with Gasteiger partial charge in [-0.05, 0) is 19.1 Å². The number of pyridine rings is 2. The monoisotopic (exact) mass is 488 g/mol. The summed E-state index contributed by atoms with van der Waals surface area (Å²) in [6, 6.07) is 3.26. The number of ether oxygens (including phenoxy) is 1. The van der Waals surface area contributed by atoms with E-state index >= 15 is 0 Å². The van der Waals surface area contributed by atoms with Crippen molar-refractivity contribution in [3.05, 3.63) is 54.1 Å². The first-order valence-corrected chi connectivity index (χ1v) is 11.6. The third-order valence-electron chi connectivity index (χ3n) is 5.08. The minimum Gasteiger partial charge on any atom is -0.406 e. The molecular formula is C23H20N8O3S. The van der Waals surface area contributed by atoms with Crippen LogP contribution in [0.1, 0.15) is 12.5 Å². The van der Waals surface area contributed by atoms with Gasteiger partial charge in [0.15, 0.2) is 0 Å². The molecule has 0 saturated heterocycles. The van der Waals surface area contributed by atoms with E-state index in [4.69, 9.17) is 9.72 Å². The SMILES string of the molecule is CCNC(=O)Nc1cc(-c2nc(-c3cnn(C)c3)cs2)c(-c2cncc(C3=NCC(=O)O3)c2)cn1. The zero-order chi connectivity index (χ0) is 24.4. The van der Waals surface area contributed by atoms with Crippen LogP contribution in [0.2, 0.25) is 0 Å². The van der Waals surface area contributed by atoms with E-state index in [-0.39, 0.29) is 18.5 Å². The van der Waals surface area contributed by atoms with Gasteiger partial charge < -0.3 is 10.1 Å². The average Bonchev–Trinajstić information content (AvgIpc) is 3.60. The lowest BCUT2D eigenvalue weighted by Crippen LogP contribution is -2.28. The molecule has 0 fully saturated rings. The van der Waals surface area contributed by atoms with E-state index in [2.05, 4.69) is 30.7 Å². The van der Waals surface area contributed by atoms with Crippen molar-refractivity contribution >= 4 is 35.1 Å². The number of anilines is 1. The number of hydrogen-bond donors (Lipinski definition) is 2. The number of carbonyl (C=O) groups excluding carboxylic acids is 2. The van der Waals surface area contributed by atoms with Crippen molar-refractivity contribution in [3.8, 4) is 33.0 Å². The van der Waals surface area contributed by atoms with Crippen molar-refractivity contribution in [1.29, 1.82) is 0 Å². The van der Waals surface area contributed by atoms with E-state index in [1.165, 1.54) is 11.3 Å². The Labute approximate surface area is 203 Å². The first-order valence-electron chi connectivity index (χ1n) is 10.7. The number of aromatic nitrogens is 5. The highest BCUT2D eigenvalue weighted by molar-refractivity contribution is 7.13. The Morgan fingerprint density at radius 2 is 2.00 bits per heavy atom. The second kappa shape index (κ2) is 9.43. The zero-order valence-electron chi connectivity index (χ0n) is 18.8. The normalized spacial score (nSPS) is 12.9. The topological polar surface area (TPSA) is 136 Å². The molecule has 0 bridgehead atoms. The molecule has 0 radical (unpaired) electrons. The van der Waals surface area contributed by atoms with E-state index in [1.807, 2.05) is 31.6 Å². The number of esters is 1. The van der Waals surface area contributed by atoms with Gasteiger partial charge in [0.1, 0.15) is 17.4 Å². The number of nitrogens with one attached hydrogen (secondary N) is 2. The molecule has 0 aromatic carbocycles. The first-order chi connectivity index (χ1) is 17.0. The number of rotatable bonds is 6. The van der Waals surface area contributed by atoms with Crippen LogP contribution in [0.15, 0.2) is 53.5 Å². The summed E-state index contributed by atoms with van der Waals surface area (Å²) in [5.74, 6) is 0.215. The van der Waals surface area contributed by atoms with Crippen molar-refractivity contribution in [2.24, 2.45) is 12.0 Å². The van der Waals surface area contributed by atoms with Crippen molar-refractivity contribution in [3.63, 3.8) is 0 Å². The predicted molar refractivity (Wildman–Crippen MR) is 131 cm³/mol. The van der Waals surface area contributed by atoms with Crippen LogP contribution in [-0.2, 0) is 16.6 Å². The maximum absolute atomic E-state index is 12.1. The number of aryl methyl sites for hydroxylation is 1. The van der Waals surface area contributed by atoms with Gasteiger partial charge in [-0.15, -0.1) is 11.3 Å². The van der Waals surface area contributed by atoms with Crippen LogP contribution in [0.25, 0.3) is 33.0 Å². The van der Waals surface area contributed by atoms with E-state index in [9.17, 15) is 9.59 Å². The molecule has 1 aliphatic heterocycles. The molecule has 5 heterocycles. The second-order valence-electron chi connectivity index (χ2n) is 7.60. The maximum atomic E-state index is 12.1. The fourth-order valence-electron chi connectivity index (χ4n) is 3.50. The van der Waals surface area contributed by atoms with E-state index in [0.29, 0.717) is 17.9 Å². The fraction of sp³-hybridized carbons (Fsp3) is 0.174.